The van der Waals surface area contributed by atoms with Gasteiger partial charge in [0.1, 0.15) is 6.10 Å². The van der Waals surface area contributed by atoms with Crippen molar-refractivity contribution in [2.75, 3.05) is 0 Å². The van der Waals surface area contributed by atoms with Crippen LogP contribution < -0.4 is 0 Å². The highest BCUT2D eigenvalue weighted by Crippen LogP contribution is 2.66. The number of aromatic nitrogens is 1. The van der Waals surface area contributed by atoms with Gasteiger partial charge in [-0.25, -0.2) is 0 Å². The van der Waals surface area contributed by atoms with E-state index in [1.165, 1.54) is 12.5 Å². The van der Waals surface area contributed by atoms with Crippen molar-refractivity contribution in [3.8, 4) is 0 Å². The molecular formula is C26H33NO2. The molecule has 0 saturated heterocycles. The summed E-state index contributed by atoms with van der Waals surface area (Å²) in [5.74, 6) is 0.786. The molecule has 5 rings (SSSR count). The van der Waals surface area contributed by atoms with Gasteiger partial charge in [-0.1, -0.05) is 37.6 Å². The van der Waals surface area contributed by atoms with E-state index in [0.717, 1.165) is 49.7 Å². The number of fused-ring (bicyclic) bond motifs is 5. The summed E-state index contributed by atoms with van der Waals surface area (Å²) in [7, 11) is 0. The van der Waals surface area contributed by atoms with Crippen LogP contribution in [0.15, 0.2) is 42.3 Å². The van der Waals surface area contributed by atoms with Crippen LogP contribution in [0.25, 0.3) is 5.57 Å². The Morgan fingerprint density at radius 1 is 1.21 bits per heavy atom. The maximum absolute atomic E-state index is 11.5. The smallest absolute Gasteiger partial charge is 0.302 e. The quantitative estimate of drug-likeness (QED) is 0.458. The molecule has 0 bridgehead atoms. The van der Waals surface area contributed by atoms with Crippen molar-refractivity contribution in [2.24, 2.45) is 28.6 Å². The molecule has 0 radical (unpaired) electrons. The number of pyridine rings is 1. The number of hydrogen-bond donors (Lipinski definition) is 0. The van der Waals surface area contributed by atoms with Crippen LogP contribution in [0.2, 0.25) is 0 Å². The normalized spacial score (nSPS) is 42.8. The second kappa shape index (κ2) is 6.82. The summed E-state index contributed by atoms with van der Waals surface area (Å²) in [6.45, 7) is 1.83. The maximum atomic E-state index is 11.5. The lowest BCUT2D eigenvalue weighted by molar-refractivity contribution is -0.148. The Morgan fingerprint density at radius 2 is 2.07 bits per heavy atom. The zero-order valence-electron chi connectivity index (χ0n) is 20.5. The first-order chi connectivity index (χ1) is 15.2. The van der Waals surface area contributed by atoms with Gasteiger partial charge in [0.25, 0.3) is 0 Å². The standard InChI is InChI=1S/C26H33NO2/c1-17(28)29-20-10-12-25(2)19(15-20)6-7-21-23-9-8-22(18-5-4-14-27-16-18)26(23,3)13-11-24(21)25/h4-6,8,14,16,20-21,23-24H,7,9-13,15H2,1-3H3/t20-,21?,23?,24?,25-,26+/m0/s1/i3D3. The number of hydrogen-bond acceptors (Lipinski definition) is 3. The van der Waals surface area contributed by atoms with Crippen molar-refractivity contribution in [3.63, 3.8) is 0 Å². The van der Waals surface area contributed by atoms with Crippen molar-refractivity contribution in [1.82, 2.24) is 4.98 Å². The Kier molecular flexibility index (Phi) is 3.73. The number of carbonyl (C=O) groups excluding carboxylic acids is 1. The molecule has 1 heterocycles. The fourth-order valence-electron chi connectivity index (χ4n) is 7.14. The molecule has 6 atom stereocenters. The van der Waals surface area contributed by atoms with E-state index in [2.05, 4.69) is 24.1 Å². The Bertz CT molecular complexity index is 969. The highest BCUT2D eigenvalue weighted by molar-refractivity contribution is 5.72. The van der Waals surface area contributed by atoms with Gasteiger partial charge in [0.15, 0.2) is 0 Å². The minimum absolute atomic E-state index is 0.0150. The molecule has 0 amide bonds. The van der Waals surface area contributed by atoms with Crippen LogP contribution in [0, 0.1) is 28.6 Å². The molecule has 4 aliphatic rings. The Labute approximate surface area is 178 Å². The Balaban J connectivity index is 1.49. The highest BCUT2D eigenvalue weighted by Gasteiger charge is 2.56. The average molecular weight is 395 g/mol. The first-order valence-corrected chi connectivity index (χ1v) is 11.1. The summed E-state index contributed by atoms with van der Waals surface area (Å²) >= 11 is 0. The summed E-state index contributed by atoms with van der Waals surface area (Å²) in [6.07, 6.45) is 14.3. The summed E-state index contributed by atoms with van der Waals surface area (Å²) in [5.41, 5.74) is 2.68. The van der Waals surface area contributed by atoms with Gasteiger partial charge in [-0.15, -0.1) is 0 Å². The third kappa shape index (κ3) is 2.92. The van der Waals surface area contributed by atoms with E-state index in [-0.39, 0.29) is 23.4 Å². The van der Waals surface area contributed by atoms with E-state index in [9.17, 15) is 4.79 Å². The first kappa shape index (κ1) is 15.9. The summed E-state index contributed by atoms with van der Waals surface area (Å²) in [4.78, 5) is 15.8. The van der Waals surface area contributed by atoms with Gasteiger partial charge in [0.2, 0.25) is 0 Å². The maximum Gasteiger partial charge on any atom is 0.302 e. The van der Waals surface area contributed by atoms with Crippen molar-refractivity contribution < 1.29 is 13.6 Å². The van der Waals surface area contributed by atoms with Crippen LogP contribution in [-0.2, 0) is 9.53 Å². The number of esters is 1. The zero-order chi connectivity index (χ0) is 22.7. The molecule has 3 nitrogen and oxygen atoms in total. The van der Waals surface area contributed by atoms with E-state index in [1.54, 1.807) is 6.20 Å². The Hall–Kier alpha value is -1.90. The molecule has 1 aromatic heterocycles. The molecule has 0 aromatic carbocycles. The van der Waals surface area contributed by atoms with Gasteiger partial charge in [-0.3, -0.25) is 9.78 Å². The van der Waals surface area contributed by atoms with Gasteiger partial charge >= 0.3 is 5.97 Å². The number of ether oxygens (including phenoxy) is 1. The van der Waals surface area contributed by atoms with Gasteiger partial charge < -0.3 is 4.74 Å². The number of carbonyl (C=O) groups is 1. The Morgan fingerprint density at radius 3 is 2.83 bits per heavy atom. The summed E-state index contributed by atoms with van der Waals surface area (Å²) < 4.78 is 31.5. The first-order valence-electron chi connectivity index (χ1n) is 12.6. The number of rotatable bonds is 2. The molecule has 0 aliphatic heterocycles. The minimum atomic E-state index is -2.04. The van der Waals surface area contributed by atoms with Crippen molar-refractivity contribution >= 4 is 11.5 Å². The SMILES string of the molecule is [2H]C([2H])([2H])[C@]12CCC3C(CC=C4C[C@@H](OC(C)=O)CC[C@@]43C)C1CC=C2c1cccnc1. The third-order valence-electron chi connectivity index (χ3n) is 8.50. The second-order valence-corrected chi connectivity index (χ2v) is 9.84. The van der Waals surface area contributed by atoms with Gasteiger partial charge in [-0.05, 0) is 84.3 Å². The molecular weight excluding hydrogens is 358 g/mol. The van der Waals surface area contributed by atoms with Crippen LogP contribution in [0.1, 0.15) is 75.3 Å². The molecule has 0 N–H and O–H groups in total. The van der Waals surface area contributed by atoms with Gasteiger partial charge in [-0.2, -0.15) is 0 Å². The number of allylic oxidation sites excluding steroid dienone is 3. The lowest BCUT2D eigenvalue weighted by atomic mass is 9.47. The largest absolute Gasteiger partial charge is 0.462 e. The minimum Gasteiger partial charge on any atom is -0.462 e. The van der Waals surface area contributed by atoms with Crippen LogP contribution in [-0.4, -0.2) is 17.1 Å². The highest BCUT2D eigenvalue weighted by atomic mass is 16.5. The second-order valence-electron chi connectivity index (χ2n) is 9.84. The van der Waals surface area contributed by atoms with E-state index in [4.69, 9.17) is 8.85 Å². The molecule has 154 valence electrons. The average Bonchev–Trinajstić information content (AvgIpc) is 3.15. The van der Waals surface area contributed by atoms with E-state index in [0.29, 0.717) is 18.3 Å². The molecule has 4 aliphatic carbocycles. The monoisotopic (exact) mass is 394 g/mol. The fraction of sp³-hybridized carbons (Fsp3) is 0.615. The zero-order valence-corrected chi connectivity index (χ0v) is 17.5. The van der Waals surface area contributed by atoms with E-state index in [1.807, 2.05) is 18.3 Å². The topological polar surface area (TPSA) is 39.2 Å². The molecule has 3 unspecified atom stereocenters. The van der Waals surface area contributed by atoms with Crippen LogP contribution >= 0.6 is 0 Å². The summed E-state index contributed by atoms with van der Waals surface area (Å²) in [6, 6.07) is 3.91. The molecule has 2 saturated carbocycles. The predicted octanol–water partition coefficient (Wildman–Crippen LogP) is 5.97. The van der Waals surface area contributed by atoms with Crippen molar-refractivity contribution in [3.05, 3.63) is 47.8 Å². The van der Waals surface area contributed by atoms with Gasteiger partial charge in [0.05, 0.1) is 0 Å². The summed E-state index contributed by atoms with van der Waals surface area (Å²) in [5, 5.41) is 0. The van der Waals surface area contributed by atoms with E-state index >= 15 is 0 Å². The molecule has 0 spiro atoms. The van der Waals surface area contributed by atoms with Crippen LogP contribution in [0.4, 0.5) is 0 Å². The fourth-order valence-corrected chi connectivity index (χ4v) is 7.14. The van der Waals surface area contributed by atoms with Crippen molar-refractivity contribution in [1.29, 1.82) is 0 Å². The van der Waals surface area contributed by atoms with Gasteiger partial charge in [0, 0.05) is 29.9 Å². The molecule has 1 aromatic rings. The lowest BCUT2D eigenvalue weighted by Crippen LogP contribution is -2.50. The van der Waals surface area contributed by atoms with Crippen molar-refractivity contribution in [2.45, 2.75) is 71.7 Å². The number of nitrogens with zero attached hydrogens (tertiary/aromatic N) is 1. The van der Waals surface area contributed by atoms with E-state index < -0.39 is 12.3 Å². The van der Waals surface area contributed by atoms with Crippen LogP contribution in [0.5, 0.6) is 0 Å². The predicted molar refractivity (Wildman–Crippen MR) is 115 cm³/mol. The lowest BCUT2D eigenvalue weighted by Gasteiger charge is -2.57. The molecule has 29 heavy (non-hydrogen) atoms. The molecule has 2 fully saturated rings. The van der Waals surface area contributed by atoms with Crippen LogP contribution in [0.3, 0.4) is 0 Å². The molecule has 3 heteroatoms. The third-order valence-corrected chi connectivity index (χ3v) is 8.50.